The molecule has 0 saturated carbocycles. The lowest BCUT2D eigenvalue weighted by atomic mass is 10.1. The molecule has 0 bridgehead atoms. The van der Waals surface area contributed by atoms with Crippen LogP contribution in [0.4, 0.5) is 0 Å². The fraction of sp³-hybridized carbons (Fsp3) is 0.923. The summed E-state index contributed by atoms with van der Waals surface area (Å²) in [4.78, 5) is 16.5. The first kappa shape index (κ1) is 15.7. The van der Waals surface area contributed by atoms with Gasteiger partial charge >= 0.3 is 0 Å². The molecule has 4 nitrogen and oxygen atoms in total. The summed E-state index contributed by atoms with van der Waals surface area (Å²) in [6.45, 7) is 4.93. The fourth-order valence-corrected chi connectivity index (χ4v) is 3.06. The molecule has 5 heteroatoms. The number of nitrogens with two attached hydrogens (primary N) is 1. The van der Waals surface area contributed by atoms with Gasteiger partial charge in [-0.1, -0.05) is 6.42 Å². The molecule has 2 aliphatic heterocycles. The number of hydrogen-bond acceptors (Lipinski definition) is 3. The zero-order valence-electron chi connectivity index (χ0n) is 11.1. The highest BCUT2D eigenvalue weighted by atomic mass is 35.5. The molecule has 1 unspecified atom stereocenters. The minimum Gasteiger partial charge on any atom is -0.338 e. The van der Waals surface area contributed by atoms with Crippen LogP contribution < -0.4 is 5.73 Å². The van der Waals surface area contributed by atoms with Crippen molar-refractivity contribution < 1.29 is 4.79 Å². The van der Waals surface area contributed by atoms with Crippen molar-refractivity contribution in [1.82, 2.24) is 9.80 Å². The summed E-state index contributed by atoms with van der Waals surface area (Å²) in [6, 6.07) is 0.451. The Morgan fingerprint density at radius 1 is 1.11 bits per heavy atom. The summed E-state index contributed by atoms with van der Waals surface area (Å²) in [7, 11) is 0. The van der Waals surface area contributed by atoms with E-state index in [2.05, 4.69) is 9.80 Å². The second-order valence-electron chi connectivity index (χ2n) is 5.28. The first-order valence-corrected chi connectivity index (χ1v) is 7.03. The Morgan fingerprint density at radius 3 is 2.50 bits per heavy atom. The Balaban J connectivity index is 0.00000162. The van der Waals surface area contributed by atoms with E-state index < -0.39 is 0 Å². The normalized spacial score (nSPS) is 24.9. The highest BCUT2D eigenvalue weighted by molar-refractivity contribution is 5.85. The minimum absolute atomic E-state index is 0. The number of rotatable bonds is 4. The largest absolute Gasteiger partial charge is 0.338 e. The van der Waals surface area contributed by atoms with E-state index >= 15 is 0 Å². The Kier molecular flexibility index (Phi) is 6.97. The van der Waals surface area contributed by atoms with Gasteiger partial charge in [0.2, 0.25) is 5.91 Å². The van der Waals surface area contributed by atoms with Crippen LogP contribution in [-0.2, 0) is 4.79 Å². The average molecular weight is 276 g/mol. The van der Waals surface area contributed by atoms with Crippen LogP contribution in [0.1, 0.15) is 38.5 Å². The van der Waals surface area contributed by atoms with Gasteiger partial charge in [-0.2, -0.15) is 0 Å². The van der Waals surface area contributed by atoms with E-state index in [1.54, 1.807) is 0 Å². The topological polar surface area (TPSA) is 49.6 Å². The van der Waals surface area contributed by atoms with Crippen LogP contribution in [0.25, 0.3) is 0 Å². The third kappa shape index (κ3) is 4.11. The summed E-state index contributed by atoms with van der Waals surface area (Å²) in [5, 5.41) is 0. The summed E-state index contributed by atoms with van der Waals surface area (Å²) in [6.07, 6.45) is 6.86. The zero-order chi connectivity index (χ0) is 12.1. The molecular formula is C13H26ClN3O. The number of carbonyl (C=O) groups excluding carboxylic acids is 1. The Morgan fingerprint density at radius 2 is 1.83 bits per heavy atom. The van der Waals surface area contributed by atoms with Crippen molar-refractivity contribution in [3.05, 3.63) is 0 Å². The molecule has 1 amide bonds. The van der Waals surface area contributed by atoms with Gasteiger partial charge in [0, 0.05) is 32.1 Å². The van der Waals surface area contributed by atoms with Gasteiger partial charge < -0.3 is 15.5 Å². The van der Waals surface area contributed by atoms with E-state index in [-0.39, 0.29) is 18.3 Å². The van der Waals surface area contributed by atoms with Gasteiger partial charge in [-0.05, 0) is 38.8 Å². The van der Waals surface area contributed by atoms with Gasteiger partial charge in [0.15, 0.2) is 0 Å². The van der Waals surface area contributed by atoms with Crippen molar-refractivity contribution in [3.63, 3.8) is 0 Å². The SMILES string of the molecule is Cl.NCCC(=O)N1CCCC1CN1CCCCC1. The van der Waals surface area contributed by atoms with Gasteiger partial charge in [0.1, 0.15) is 0 Å². The lowest BCUT2D eigenvalue weighted by Gasteiger charge is -2.33. The molecular weight excluding hydrogens is 250 g/mol. The zero-order valence-corrected chi connectivity index (χ0v) is 12.0. The predicted molar refractivity (Wildman–Crippen MR) is 75.9 cm³/mol. The maximum absolute atomic E-state index is 11.9. The van der Waals surface area contributed by atoms with Gasteiger partial charge in [-0.3, -0.25) is 4.79 Å². The highest BCUT2D eigenvalue weighted by Crippen LogP contribution is 2.20. The van der Waals surface area contributed by atoms with Crippen molar-refractivity contribution in [2.75, 3.05) is 32.7 Å². The molecule has 0 aromatic rings. The first-order chi connectivity index (χ1) is 8.31. The van der Waals surface area contributed by atoms with Gasteiger partial charge in [0.25, 0.3) is 0 Å². The number of hydrogen-bond donors (Lipinski definition) is 1. The molecule has 2 fully saturated rings. The van der Waals surface area contributed by atoms with E-state index in [1.165, 1.54) is 38.8 Å². The van der Waals surface area contributed by atoms with Crippen molar-refractivity contribution in [2.24, 2.45) is 5.73 Å². The standard InChI is InChI=1S/C13H25N3O.ClH/c14-7-6-13(17)16-10-4-5-12(16)11-15-8-2-1-3-9-15;/h12H,1-11,14H2;1H. The number of halogens is 1. The Bertz CT molecular complexity index is 257. The van der Waals surface area contributed by atoms with E-state index in [4.69, 9.17) is 5.73 Å². The second-order valence-corrected chi connectivity index (χ2v) is 5.28. The van der Waals surface area contributed by atoms with Crippen LogP contribution >= 0.6 is 12.4 Å². The molecule has 2 aliphatic rings. The molecule has 0 aliphatic carbocycles. The molecule has 0 spiro atoms. The summed E-state index contributed by atoms with van der Waals surface area (Å²) in [5.41, 5.74) is 5.47. The highest BCUT2D eigenvalue weighted by Gasteiger charge is 2.29. The molecule has 2 N–H and O–H groups in total. The van der Waals surface area contributed by atoms with Gasteiger partial charge in [0.05, 0.1) is 0 Å². The third-order valence-electron chi connectivity index (χ3n) is 3.97. The van der Waals surface area contributed by atoms with Gasteiger partial charge in [-0.15, -0.1) is 12.4 Å². The van der Waals surface area contributed by atoms with E-state index in [9.17, 15) is 4.79 Å². The predicted octanol–water partition coefficient (Wildman–Crippen LogP) is 1.23. The van der Waals surface area contributed by atoms with Crippen molar-refractivity contribution in [3.8, 4) is 0 Å². The molecule has 2 saturated heterocycles. The van der Waals surface area contributed by atoms with Crippen molar-refractivity contribution in [2.45, 2.75) is 44.6 Å². The molecule has 2 heterocycles. The molecule has 0 radical (unpaired) electrons. The van der Waals surface area contributed by atoms with Crippen LogP contribution in [0.3, 0.4) is 0 Å². The number of carbonyl (C=O) groups is 1. The van der Waals surface area contributed by atoms with E-state index in [0.29, 0.717) is 19.0 Å². The van der Waals surface area contributed by atoms with Crippen LogP contribution in [0, 0.1) is 0 Å². The van der Waals surface area contributed by atoms with Crippen LogP contribution in [0.2, 0.25) is 0 Å². The second kappa shape index (κ2) is 7.97. The number of likely N-dealkylation sites (tertiary alicyclic amines) is 2. The quantitative estimate of drug-likeness (QED) is 0.840. The summed E-state index contributed by atoms with van der Waals surface area (Å²) in [5.74, 6) is 0.256. The van der Waals surface area contributed by atoms with Crippen molar-refractivity contribution in [1.29, 1.82) is 0 Å². The molecule has 2 rings (SSSR count). The summed E-state index contributed by atoms with van der Waals surface area (Å²) < 4.78 is 0. The lowest BCUT2D eigenvalue weighted by Crippen LogP contribution is -2.45. The smallest absolute Gasteiger partial charge is 0.224 e. The fourth-order valence-electron chi connectivity index (χ4n) is 3.06. The molecule has 0 aromatic carbocycles. The van der Waals surface area contributed by atoms with E-state index in [1.807, 2.05) is 0 Å². The average Bonchev–Trinajstić information content (AvgIpc) is 2.79. The molecule has 1 atom stereocenters. The van der Waals surface area contributed by atoms with E-state index in [0.717, 1.165) is 19.5 Å². The van der Waals surface area contributed by atoms with Crippen molar-refractivity contribution >= 4 is 18.3 Å². The monoisotopic (exact) mass is 275 g/mol. The third-order valence-corrected chi connectivity index (χ3v) is 3.97. The molecule has 106 valence electrons. The van der Waals surface area contributed by atoms with Crippen LogP contribution in [0.5, 0.6) is 0 Å². The first-order valence-electron chi connectivity index (χ1n) is 7.03. The maximum atomic E-state index is 11.9. The summed E-state index contributed by atoms with van der Waals surface area (Å²) >= 11 is 0. The number of amides is 1. The molecule has 0 aromatic heterocycles. The van der Waals surface area contributed by atoms with Gasteiger partial charge in [-0.25, -0.2) is 0 Å². The van der Waals surface area contributed by atoms with Crippen LogP contribution in [-0.4, -0.2) is 54.5 Å². The maximum Gasteiger partial charge on any atom is 0.224 e. The Hall–Kier alpha value is -0.320. The lowest BCUT2D eigenvalue weighted by molar-refractivity contribution is -0.132. The Labute approximate surface area is 116 Å². The molecule has 18 heavy (non-hydrogen) atoms. The minimum atomic E-state index is 0. The van der Waals surface area contributed by atoms with Crippen LogP contribution in [0.15, 0.2) is 0 Å². The number of piperidine rings is 1. The number of nitrogens with zero attached hydrogens (tertiary/aromatic N) is 2.